The normalized spacial score (nSPS) is 17.5. The second-order valence-corrected chi connectivity index (χ2v) is 12.8. The number of nitrogens with one attached hydrogen (secondary N) is 1. The molecule has 1 aliphatic heterocycles. The van der Waals surface area contributed by atoms with Gasteiger partial charge >= 0.3 is 0 Å². The van der Waals surface area contributed by atoms with Gasteiger partial charge in [-0.05, 0) is 55.9 Å². The van der Waals surface area contributed by atoms with E-state index in [4.69, 9.17) is 27.2 Å². The topological polar surface area (TPSA) is 114 Å². The Hall–Kier alpha value is -3.21. The summed E-state index contributed by atoms with van der Waals surface area (Å²) < 4.78 is 49.0. The van der Waals surface area contributed by atoms with Crippen LogP contribution in [0.15, 0.2) is 56.9 Å². The molecule has 1 atom stereocenters. The number of anilines is 1. The third kappa shape index (κ3) is 5.98. The van der Waals surface area contributed by atoms with E-state index >= 15 is 0 Å². The van der Waals surface area contributed by atoms with Crippen molar-refractivity contribution >= 4 is 39.2 Å². The van der Waals surface area contributed by atoms with Gasteiger partial charge in [-0.2, -0.15) is 0 Å². The number of hydrogen-bond donors (Lipinski definition) is 1. The van der Waals surface area contributed by atoms with Crippen molar-refractivity contribution in [1.82, 2.24) is 10.1 Å². The van der Waals surface area contributed by atoms with Gasteiger partial charge in [-0.15, -0.1) is 0 Å². The van der Waals surface area contributed by atoms with E-state index in [2.05, 4.69) is 16.8 Å². The summed E-state index contributed by atoms with van der Waals surface area (Å²) in [6, 6.07) is 12.0. The molecule has 1 amide bonds. The average Bonchev–Trinajstić information content (AvgIpc) is 3.67. The highest BCUT2D eigenvalue weighted by Gasteiger charge is 2.49. The largest absolute Gasteiger partial charge is 0.377 e. The highest BCUT2D eigenvalue weighted by atomic mass is 35.5. The minimum absolute atomic E-state index is 0.0173. The number of halogens is 1. The lowest BCUT2D eigenvalue weighted by Crippen LogP contribution is -2.40. The summed E-state index contributed by atoms with van der Waals surface area (Å²) >= 11 is 6.18. The summed E-state index contributed by atoms with van der Waals surface area (Å²) in [6.07, 6.45) is 6.23. The predicted octanol–water partition coefficient (Wildman–Crippen LogP) is 6.88. The average molecular weight is 614 g/mol. The van der Waals surface area contributed by atoms with E-state index in [0.717, 1.165) is 56.3 Å². The summed E-state index contributed by atoms with van der Waals surface area (Å²) in [6.45, 7) is 5.04. The number of nitrogens with zero attached hydrogens (tertiary/aromatic N) is 3. The quantitative estimate of drug-likeness (QED) is 0.238. The number of benzene rings is 2. The summed E-state index contributed by atoms with van der Waals surface area (Å²) in [5.41, 5.74) is 1.58. The van der Waals surface area contributed by atoms with Crippen molar-refractivity contribution in [3.63, 3.8) is 0 Å². The Morgan fingerprint density at radius 1 is 1.17 bits per heavy atom. The molecule has 1 N–H and O–H groups in total. The van der Waals surface area contributed by atoms with Gasteiger partial charge in [0.15, 0.2) is 5.76 Å². The second kappa shape index (κ2) is 12.6. The lowest BCUT2D eigenvalue weighted by molar-refractivity contribution is -0.131. The number of carbonyl (C=O) groups excluding carboxylic acids is 1. The molecule has 42 heavy (non-hydrogen) atoms. The Labute approximate surface area is 253 Å². The molecule has 1 aliphatic carbocycles. The molecule has 5 rings (SSSR count). The first-order valence-electron chi connectivity index (χ1n) is 15.0. The van der Waals surface area contributed by atoms with Crippen molar-refractivity contribution in [2.75, 3.05) is 11.3 Å². The number of aryl methyl sites for hydroxylation is 1. The van der Waals surface area contributed by atoms with E-state index in [-0.39, 0.29) is 27.4 Å². The first-order valence-corrected chi connectivity index (χ1v) is 16.3. The van der Waals surface area contributed by atoms with E-state index < -0.39 is 22.1 Å². The van der Waals surface area contributed by atoms with Crippen LogP contribution in [0.3, 0.4) is 0 Å². The third-order valence-corrected chi connectivity index (χ3v) is 9.65. The van der Waals surface area contributed by atoms with Gasteiger partial charge in [-0.25, -0.2) is 8.42 Å². The Kier molecular flexibility index (Phi) is 8.65. The third-order valence-electron chi connectivity index (χ3n) is 7.80. The van der Waals surface area contributed by atoms with Crippen LogP contribution in [0.5, 0.6) is 0 Å². The molecular formula is C31H37ClN4O5S. The minimum atomic E-state index is -4.15. The molecule has 0 radical (unpaired) electrons. The number of carbonyl (C=O) groups is 1. The van der Waals surface area contributed by atoms with Gasteiger partial charge in [0, 0.05) is 18.6 Å². The molecule has 11 heteroatoms. The number of hydrogen-bond acceptors (Lipinski definition) is 7. The first-order chi connectivity index (χ1) is 20.6. The predicted molar refractivity (Wildman–Crippen MR) is 163 cm³/mol. The maximum Gasteiger partial charge on any atom is 0.263 e. The Balaban J connectivity index is 1.52. The molecule has 1 unspecified atom stereocenters. The maximum atomic E-state index is 13.7. The molecule has 9 nitrogen and oxygen atoms in total. The van der Waals surface area contributed by atoms with Crippen molar-refractivity contribution in [3.8, 4) is 11.1 Å². The van der Waals surface area contributed by atoms with Crippen LogP contribution in [-0.4, -0.2) is 42.4 Å². The molecule has 2 aromatic carbocycles. The Bertz CT molecular complexity index is 1630. The van der Waals surface area contributed by atoms with Gasteiger partial charge in [0.25, 0.3) is 15.9 Å². The summed E-state index contributed by atoms with van der Waals surface area (Å²) in [5.74, 6) is 1.07. The van der Waals surface area contributed by atoms with Crippen LogP contribution in [0, 0.1) is 6.92 Å². The zero-order valence-corrected chi connectivity index (χ0v) is 25.7. The minimum Gasteiger partial charge on any atom is -0.377 e. The number of aliphatic imine (C=N–C) groups is 1. The number of amidine groups is 1. The van der Waals surface area contributed by atoms with E-state index in [1.807, 2.05) is 17.0 Å². The molecule has 0 bridgehead atoms. The van der Waals surface area contributed by atoms with Crippen LogP contribution in [0.1, 0.15) is 77.1 Å². The first kappa shape index (κ1) is 28.9. The lowest BCUT2D eigenvalue weighted by atomic mass is 9.96. The van der Waals surface area contributed by atoms with Gasteiger partial charge in [0.1, 0.15) is 16.4 Å². The van der Waals surface area contributed by atoms with Crippen molar-refractivity contribution < 1.29 is 23.8 Å². The molecule has 1 aromatic heterocycles. The van der Waals surface area contributed by atoms with Crippen LogP contribution >= 0.6 is 11.6 Å². The van der Waals surface area contributed by atoms with Crippen LogP contribution in [0.4, 0.5) is 5.82 Å². The fourth-order valence-electron chi connectivity index (χ4n) is 5.64. The number of ether oxygens (including phenoxy) is 1. The number of amides is 1. The molecular weight excluding hydrogens is 576 g/mol. The van der Waals surface area contributed by atoms with Gasteiger partial charge in [-0.3, -0.25) is 19.4 Å². The summed E-state index contributed by atoms with van der Waals surface area (Å²) in [7, 11) is -4.15. The van der Waals surface area contributed by atoms with E-state index in [0.29, 0.717) is 29.8 Å². The van der Waals surface area contributed by atoms with E-state index in [1.165, 1.54) is 6.07 Å². The highest BCUT2D eigenvalue weighted by Crippen LogP contribution is 2.40. The maximum absolute atomic E-state index is 13.7. The Morgan fingerprint density at radius 3 is 2.62 bits per heavy atom. The van der Waals surface area contributed by atoms with E-state index in [9.17, 15) is 13.2 Å². The van der Waals surface area contributed by atoms with Crippen LogP contribution in [0.25, 0.3) is 11.1 Å². The smallest absolute Gasteiger partial charge is 0.263 e. The van der Waals surface area contributed by atoms with Crippen molar-refractivity contribution in [2.45, 2.75) is 89.3 Å². The van der Waals surface area contributed by atoms with Gasteiger partial charge in [-0.1, -0.05) is 79.3 Å². The highest BCUT2D eigenvalue weighted by molar-refractivity contribution is 7.92. The van der Waals surface area contributed by atoms with Crippen LogP contribution in [-0.2, 0) is 32.7 Å². The number of sulfonamides is 1. The number of unbranched alkanes of at least 4 members (excludes halogenated alkanes) is 1. The molecule has 2 heterocycles. The molecule has 1 saturated carbocycles. The number of aromatic nitrogens is 1. The molecule has 3 aromatic rings. The number of rotatable bonds is 12. The fourth-order valence-corrected chi connectivity index (χ4v) is 7.04. The summed E-state index contributed by atoms with van der Waals surface area (Å²) in [5, 5.41) is 3.80. The molecule has 1 fully saturated rings. The van der Waals surface area contributed by atoms with Crippen LogP contribution in [0.2, 0.25) is 5.02 Å². The zero-order valence-electron chi connectivity index (χ0n) is 25.2. The van der Waals surface area contributed by atoms with Gasteiger partial charge in [0.2, 0.25) is 5.82 Å². The van der Waals surface area contributed by atoms with E-state index in [1.54, 1.807) is 38.1 Å². The van der Waals surface area contributed by atoms with Crippen molar-refractivity contribution in [1.29, 1.82) is 0 Å². The van der Waals surface area contributed by atoms with Gasteiger partial charge in [0.05, 0.1) is 19.4 Å². The monoisotopic (exact) mass is 613 g/mol. The summed E-state index contributed by atoms with van der Waals surface area (Å²) in [4.78, 5) is 20.5. The molecule has 1 spiro atoms. The van der Waals surface area contributed by atoms with Crippen molar-refractivity contribution in [2.24, 2.45) is 4.99 Å². The van der Waals surface area contributed by atoms with Gasteiger partial charge < -0.3 is 9.26 Å². The zero-order chi connectivity index (χ0) is 30.8. The fraction of sp³-hybridized carbons (Fsp3) is 0.452. The second-order valence-electron chi connectivity index (χ2n) is 10.8. The SMILES string of the molecule is [2H]C(OCC)c1cc(CN2C(=O)C3(CCCC3)N=C2CCCC)ccc1-c1ccccc1S(=O)(=O)Nc1noc(C)c1Cl. The molecule has 224 valence electrons. The van der Waals surface area contributed by atoms with Crippen molar-refractivity contribution in [3.05, 3.63) is 64.4 Å². The van der Waals surface area contributed by atoms with Crippen LogP contribution < -0.4 is 4.72 Å². The molecule has 0 saturated heterocycles. The molecule has 2 aliphatic rings. The lowest BCUT2D eigenvalue weighted by Gasteiger charge is -2.23. The standard InChI is InChI=1S/C31H37ClN4O5S/c1-4-6-13-27-33-31(16-9-10-17-31)30(37)36(27)19-22-14-15-24(23(18-22)20-40-5-2)25-11-7-8-12-26(25)42(38,39)35-29-28(32)21(3)41-34-29/h7-8,11-12,14-15,18H,4-6,9-10,13,16-17,19-20H2,1-3H3,(H,34,35)/i20D. The Morgan fingerprint density at radius 2 is 1.93 bits per heavy atom.